The summed E-state index contributed by atoms with van der Waals surface area (Å²) < 4.78 is 40.6. The van der Waals surface area contributed by atoms with Crippen LogP contribution in [0.4, 0.5) is 8.78 Å². The number of fused-ring (bicyclic) bond motifs is 1. The van der Waals surface area contributed by atoms with Gasteiger partial charge in [-0.3, -0.25) is 18.5 Å². The van der Waals surface area contributed by atoms with E-state index in [1.807, 2.05) is 0 Å². The molecular weight excluding hydrogens is 493 g/mol. The van der Waals surface area contributed by atoms with Gasteiger partial charge in [-0.15, -0.1) is 0 Å². The van der Waals surface area contributed by atoms with E-state index in [1.165, 1.54) is 47.5 Å². The van der Waals surface area contributed by atoms with Gasteiger partial charge in [-0.05, 0) is 35.9 Å². The standard InChI is InChI=1S/C22H18Cl2F2N4O4/c1-22(25,26)34-16-6-4-5-15(10-16)33-20-27-18-17(19(31)29(3)21(32)28(18)2)30(20)11-12-7-13(23)9-14(24)8-12/h4-10H,11H2,1-3H3. The first-order chi connectivity index (χ1) is 15.9. The molecule has 2 aromatic heterocycles. The van der Waals surface area contributed by atoms with Gasteiger partial charge >= 0.3 is 17.8 Å². The number of nitrogens with zero attached hydrogens (tertiary/aromatic N) is 4. The third kappa shape index (κ3) is 4.78. The molecule has 178 valence electrons. The Kier molecular flexibility index (Phi) is 6.13. The lowest BCUT2D eigenvalue weighted by atomic mass is 10.2. The largest absolute Gasteiger partial charge is 0.433 e. The molecule has 0 bridgehead atoms. The molecule has 0 N–H and O–H groups in total. The van der Waals surface area contributed by atoms with Crippen LogP contribution in [0.2, 0.25) is 10.0 Å². The fraction of sp³-hybridized carbons (Fsp3) is 0.227. The number of halogens is 4. The van der Waals surface area contributed by atoms with E-state index < -0.39 is 17.4 Å². The van der Waals surface area contributed by atoms with Crippen molar-refractivity contribution in [2.75, 3.05) is 0 Å². The van der Waals surface area contributed by atoms with E-state index >= 15 is 0 Å². The molecule has 0 saturated heterocycles. The molecule has 0 saturated carbocycles. The van der Waals surface area contributed by atoms with E-state index in [1.54, 1.807) is 18.2 Å². The van der Waals surface area contributed by atoms with Crippen molar-refractivity contribution in [3.63, 3.8) is 0 Å². The molecule has 0 unspecified atom stereocenters. The van der Waals surface area contributed by atoms with Crippen LogP contribution in [0.25, 0.3) is 11.2 Å². The smallest absolute Gasteiger partial charge is 0.394 e. The minimum Gasteiger partial charge on any atom is -0.433 e. The first-order valence-corrected chi connectivity index (χ1v) is 10.6. The minimum absolute atomic E-state index is 0.0511. The average molecular weight is 511 g/mol. The van der Waals surface area contributed by atoms with Crippen LogP contribution in [0.15, 0.2) is 52.1 Å². The molecule has 4 rings (SSSR count). The highest BCUT2D eigenvalue weighted by Crippen LogP contribution is 2.30. The summed E-state index contributed by atoms with van der Waals surface area (Å²) in [5.41, 5.74) is -0.330. The van der Waals surface area contributed by atoms with Crippen molar-refractivity contribution in [3.05, 3.63) is 78.9 Å². The summed E-state index contributed by atoms with van der Waals surface area (Å²) in [5, 5.41) is 0.778. The zero-order valence-electron chi connectivity index (χ0n) is 18.2. The molecule has 2 heterocycles. The summed E-state index contributed by atoms with van der Waals surface area (Å²) in [6, 6.07) is 10.4. The molecule has 0 fully saturated rings. The number of imidazole rings is 1. The molecule has 0 aliphatic heterocycles. The maximum atomic E-state index is 13.3. The fourth-order valence-corrected chi connectivity index (χ4v) is 4.02. The number of aromatic nitrogens is 4. The second-order valence-electron chi connectivity index (χ2n) is 7.62. The predicted octanol–water partition coefficient (Wildman–Crippen LogP) is 4.57. The number of alkyl halides is 2. The second kappa shape index (κ2) is 8.77. The van der Waals surface area contributed by atoms with E-state index in [0.29, 0.717) is 22.5 Å². The van der Waals surface area contributed by atoms with Crippen molar-refractivity contribution in [2.24, 2.45) is 14.1 Å². The zero-order valence-corrected chi connectivity index (χ0v) is 19.7. The van der Waals surface area contributed by atoms with Crippen LogP contribution in [-0.4, -0.2) is 24.8 Å². The lowest BCUT2D eigenvalue weighted by Crippen LogP contribution is -2.37. The summed E-state index contributed by atoms with van der Waals surface area (Å²) in [6.45, 7) is 0.690. The molecule has 12 heteroatoms. The molecule has 0 atom stereocenters. The van der Waals surface area contributed by atoms with Gasteiger partial charge in [0.2, 0.25) is 0 Å². The first kappa shape index (κ1) is 23.8. The lowest BCUT2D eigenvalue weighted by Gasteiger charge is -2.14. The van der Waals surface area contributed by atoms with E-state index in [-0.39, 0.29) is 35.2 Å². The number of benzene rings is 2. The Bertz CT molecular complexity index is 1500. The molecule has 0 amide bonds. The first-order valence-electron chi connectivity index (χ1n) is 9.89. The van der Waals surface area contributed by atoms with Gasteiger partial charge in [-0.25, -0.2) is 4.79 Å². The van der Waals surface area contributed by atoms with Crippen molar-refractivity contribution in [2.45, 2.75) is 19.6 Å². The quantitative estimate of drug-likeness (QED) is 0.379. The van der Waals surface area contributed by atoms with Crippen LogP contribution >= 0.6 is 23.2 Å². The molecular formula is C22H18Cl2F2N4O4. The van der Waals surface area contributed by atoms with Crippen LogP contribution in [0.3, 0.4) is 0 Å². The molecule has 0 spiro atoms. The number of aryl methyl sites for hydroxylation is 1. The molecule has 2 aromatic carbocycles. The van der Waals surface area contributed by atoms with Crippen molar-refractivity contribution in [3.8, 4) is 17.5 Å². The summed E-state index contributed by atoms with van der Waals surface area (Å²) in [7, 11) is 2.82. The Balaban J connectivity index is 1.88. The fourth-order valence-electron chi connectivity index (χ4n) is 3.45. The SMILES string of the molecule is Cn1c(=O)c2c(nc(Oc3cccc(OC(C)(F)F)c3)n2Cc2cc(Cl)cc(Cl)c2)n(C)c1=O. The van der Waals surface area contributed by atoms with E-state index in [2.05, 4.69) is 9.72 Å². The van der Waals surface area contributed by atoms with Crippen molar-refractivity contribution >= 4 is 34.4 Å². The van der Waals surface area contributed by atoms with Gasteiger partial charge in [-0.1, -0.05) is 29.3 Å². The van der Waals surface area contributed by atoms with Crippen LogP contribution in [0, 0.1) is 0 Å². The van der Waals surface area contributed by atoms with Crippen LogP contribution in [-0.2, 0) is 20.6 Å². The number of hydrogen-bond donors (Lipinski definition) is 0. The summed E-state index contributed by atoms with van der Waals surface area (Å²) in [4.78, 5) is 29.8. The van der Waals surface area contributed by atoms with Crippen molar-refractivity contribution in [1.82, 2.24) is 18.7 Å². The zero-order chi connectivity index (χ0) is 24.8. The highest BCUT2D eigenvalue weighted by atomic mass is 35.5. The van der Waals surface area contributed by atoms with Crippen LogP contribution in [0.5, 0.6) is 17.5 Å². The average Bonchev–Trinajstić information content (AvgIpc) is 3.07. The maximum Gasteiger partial charge on any atom is 0.394 e. The molecule has 34 heavy (non-hydrogen) atoms. The Morgan fingerprint density at radius 2 is 1.65 bits per heavy atom. The molecule has 4 aromatic rings. The van der Waals surface area contributed by atoms with Gasteiger partial charge in [0.1, 0.15) is 11.5 Å². The molecule has 0 aliphatic carbocycles. The van der Waals surface area contributed by atoms with Gasteiger partial charge in [0, 0.05) is 37.1 Å². The monoisotopic (exact) mass is 510 g/mol. The van der Waals surface area contributed by atoms with E-state index in [4.69, 9.17) is 27.9 Å². The number of ether oxygens (including phenoxy) is 2. The van der Waals surface area contributed by atoms with Crippen molar-refractivity contribution < 1.29 is 18.3 Å². The van der Waals surface area contributed by atoms with Gasteiger partial charge in [-0.2, -0.15) is 13.8 Å². The Morgan fingerprint density at radius 3 is 2.29 bits per heavy atom. The third-order valence-electron chi connectivity index (χ3n) is 4.89. The molecule has 8 nitrogen and oxygen atoms in total. The normalized spacial score (nSPS) is 11.7. The van der Waals surface area contributed by atoms with Crippen LogP contribution in [0.1, 0.15) is 12.5 Å². The minimum atomic E-state index is -3.39. The van der Waals surface area contributed by atoms with E-state index in [9.17, 15) is 18.4 Å². The Hall–Kier alpha value is -3.37. The highest BCUT2D eigenvalue weighted by Gasteiger charge is 2.24. The second-order valence-corrected chi connectivity index (χ2v) is 8.50. The maximum absolute atomic E-state index is 13.3. The Morgan fingerprint density at radius 1 is 1.00 bits per heavy atom. The Labute approximate surface area is 201 Å². The third-order valence-corrected chi connectivity index (χ3v) is 5.32. The molecule has 0 aliphatic rings. The van der Waals surface area contributed by atoms with Crippen LogP contribution < -0.4 is 20.7 Å². The molecule has 0 radical (unpaired) electrons. The van der Waals surface area contributed by atoms with Gasteiger partial charge < -0.3 is 9.47 Å². The lowest BCUT2D eigenvalue weighted by molar-refractivity contribution is -0.158. The summed E-state index contributed by atoms with van der Waals surface area (Å²) >= 11 is 12.2. The summed E-state index contributed by atoms with van der Waals surface area (Å²) in [6.07, 6.45) is -3.39. The highest BCUT2D eigenvalue weighted by molar-refractivity contribution is 6.34. The topological polar surface area (TPSA) is 80.3 Å². The summed E-state index contributed by atoms with van der Waals surface area (Å²) in [5.74, 6) is 0.00172. The van der Waals surface area contributed by atoms with Gasteiger partial charge in [0.05, 0.1) is 6.54 Å². The number of rotatable bonds is 6. The van der Waals surface area contributed by atoms with Gasteiger partial charge in [0.25, 0.3) is 5.56 Å². The van der Waals surface area contributed by atoms with E-state index in [0.717, 1.165) is 4.57 Å². The van der Waals surface area contributed by atoms with Crippen molar-refractivity contribution in [1.29, 1.82) is 0 Å². The predicted molar refractivity (Wildman–Crippen MR) is 124 cm³/mol. The number of hydrogen-bond acceptors (Lipinski definition) is 5. The van der Waals surface area contributed by atoms with Gasteiger partial charge in [0.15, 0.2) is 11.2 Å².